The molecule has 0 spiro atoms. The van der Waals surface area contributed by atoms with Gasteiger partial charge in [0.15, 0.2) is 0 Å². The first-order valence-electron chi connectivity index (χ1n) is 9.25. The highest BCUT2D eigenvalue weighted by Crippen LogP contribution is 2.31. The first-order valence-corrected chi connectivity index (χ1v) is 9.25. The van der Waals surface area contributed by atoms with E-state index in [4.69, 9.17) is 0 Å². The lowest BCUT2D eigenvalue weighted by Crippen LogP contribution is -2.33. The van der Waals surface area contributed by atoms with E-state index in [1.807, 2.05) is 6.07 Å². The summed E-state index contributed by atoms with van der Waals surface area (Å²) in [6.07, 6.45) is 0. The molecule has 0 saturated carbocycles. The second-order valence-electron chi connectivity index (χ2n) is 6.89. The molecule has 0 aliphatic carbocycles. The van der Waals surface area contributed by atoms with Gasteiger partial charge in [-0.25, -0.2) is 0 Å². The number of benzene rings is 3. The Balaban J connectivity index is 1.95. The van der Waals surface area contributed by atoms with Gasteiger partial charge in [-0.1, -0.05) is 97.9 Å². The van der Waals surface area contributed by atoms with Gasteiger partial charge < -0.3 is 5.11 Å². The molecule has 1 N–H and O–H groups in total. The highest BCUT2D eigenvalue weighted by Gasteiger charge is 2.26. The van der Waals surface area contributed by atoms with Gasteiger partial charge in [0.2, 0.25) is 0 Å². The largest absolute Gasteiger partial charge is 0.396 e. The number of rotatable bonds is 8. The summed E-state index contributed by atoms with van der Waals surface area (Å²) >= 11 is 0. The standard InChI is InChI=1S/C24H27NO/c1-20(19-26)24(23-15-9-4-10-16-23)25(17-21-11-5-2-6-12-21)18-22-13-7-3-8-14-22/h2-16,20,24,26H,17-19H2,1H3/t20-,24-/m1/s1. The average Bonchev–Trinajstić information content (AvgIpc) is 2.70. The van der Waals surface area contributed by atoms with Crippen molar-refractivity contribution in [3.63, 3.8) is 0 Å². The summed E-state index contributed by atoms with van der Waals surface area (Å²) in [7, 11) is 0. The van der Waals surface area contributed by atoms with Gasteiger partial charge in [-0.05, 0) is 22.6 Å². The number of nitrogens with zero attached hydrogens (tertiary/aromatic N) is 1. The van der Waals surface area contributed by atoms with E-state index in [9.17, 15) is 5.11 Å². The minimum Gasteiger partial charge on any atom is -0.396 e. The fraction of sp³-hybridized carbons (Fsp3) is 0.250. The molecular weight excluding hydrogens is 318 g/mol. The van der Waals surface area contributed by atoms with Crippen LogP contribution in [0.4, 0.5) is 0 Å². The van der Waals surface area contributed by atoms with Crippen LogP contribution in [0.5, 0.6) is 0 Å². The Bertz CT molecular complexity index is 716. The molecule has 26 heavy (non-hydrogen) atoms. The molecule has 0 aliphatic heterocycles. The Hall–Kier alpha value is -2.42. The monoisotopic (exact) mass is 345 g/mol. The van der Waals surface area contributed by atoms with Gasteiger partial charge in [-0.2, -0.15) is 0 Å². The first-order chi connectivity index (χ1) is 12.8. The number of aliphatic hydroxyl groups is 1. The molecule has 0 aliphatic rings. The van der Waals surface area contributed by atoms with Crippen LogP contribution in [0.2, 0.25) is 0 Å². The van der Waals surface area contributed by atoms with Crippen LogP contribution in [0.1, 0.15) is 29.7 Å². The molecular formula is C24H27NO. The first kappa shape index (κ1) is 18.4. The molecule has 2 nitrogen and oxygen atoms in total. The molecule has 3 rings (SSSR count). The molecule has 0 radical (unpaired) electrons. The molecule has 0 bridgehead atoms. The van der Waals surface area contributed by atoms with Crippen molar-refractivity contribution in [2.45, 2.75) is 26.1 Å². The van der Waals surface area contributed by atoms with E-state index in [1.54, 1.807) is 0 Å². The molecule has 2 heteroatoms. The van der Waals surface area contributed by atoms with Gasteiger partial charge in [0.25, 0.3) is 0 Å². The summed E-state index contributed by atoms with van der Waals surface area (Å²) in [5, 5.41) is 9.92. The van der Waals surface area contributed by atoms with Crippen LogP contribution in [0.15, 0.2) is 91.0 Å². The highest BCUT2D eigenvalue weighted by molar-refractivity contribution is 5.23. The Morgan fingerprint density at radius 1 is 0.692 bits per heavy atom. The zero-order chi connectivity index (χ0) is 18.2. The van der Waals surface area contributed by atoms with Gasteiger partial charge in [0.1, 0.15) is 0 Å². The lowest BCUT2D eigenvalue weighted by molar-refractivity contribution is 0.0928. The summed E-state index contributed by atoms with van der Waals surface area (Å²) in [5.41, 5.74) is 3.82. The van der Waals surface area contributed by atoms with Gasteiger partial charge in [0, 0.05) is 25.7 Å². The third-order valence-corrected chi connectivity index (χ3v) is 4.82. The number of aliphatic hydroxyl groups excluding tert-OH is 1. The summed E-state index contributed by atoms with van der Waals surface area (Å²) in [6.45, 7) is 3.99. The third kappa shape index (κ3) is 4.81. The van der Waals surface area contributed by atoms with Gasteiger partial charge >= 0.3 is 0 Å². The Kier molecular flexibility index (Phi) is 6.59. The van der Waals surface area contributed by atoms with Gasteiger partial charge in [-0.15, -0.1) is 0 Å². The Morgan fingerprint density at radius 3 is 1.54 bits per heavy atom. The van der Waals surface area contributed by atoms with Crippen molar-refractivity contribution in [3.05, 3.63) is 108 Å². The maximum absolute atomic E-state index is 9.92. The van der Waals surface area contributed by atoms with Crippen molar-refractivity contribution in [2.24, 2.45) is 5.92 Å². The topological polar surface area (TPSA) is 23.5 Å². The molecule has 0 amide bonds. The minimum absolute atomic E-state index is 0.143. The second kappa shape index (κ2) is 9.33. The molecule has 134 valence electrons. The van der Waals surface area contributed by atoms with Crippen LogP contribution in [-0.2, 0) is 13.1 Å². The van der Waals surface area contributed by atoms with Crippen molar-refractivity contribution in [3.8, 4) is 0 Å². The normalized spacial score (nSPS) is 13.5. The SMILES string of the molecule is C[C@H](CO)[C@H](c1ccccc1)N(Cc1ccccc1)Cc1ccccc1. The zero-order valence-electron chi connectivity index (χ0n) is 15.3. The summed E-state index contributed by atoms with van der Waals surface area (Å²) in [6, 6.07) is 31.8. The van der Waals surface area contributed by atoms with Gasteiger partial charge in [0.05, 0.1) is 0 Å². The molecule has 0 aromatic heterocycles. The fourth-order valence-electron chi connectivity index (χ4n) is 3.54. The van der Waals surface area contributed by atoms with Crippen molar-refractivity contribution in [2.75, 3.05) is 6.61 Å². The van der Waals surface area contributed by atoms with Crippen molar-refractivity contribution < 1.29 is 5.11 Å². The molecule has 3 aromatic rings. The number of hydrogen-bond donors (Lipinski definition) is 1. The quantitative estimate of drug-likeness (QED) is 0.617. The number of hydrogen-bond acceptors (Lipinski definition) is 2. The van der Waals surface area contributed by atoms with Crippen LogP contribution in [0, 0.1) is 5.92 Å². The van der Waals surface area contributed by atoms with Gasteiger partial charge in [-0.3, -0.25) is 4.90 Å². The van der Waals surface area contributed by atoms with Crippen LogP contribution >= 0.6 is 0 Å². The zero-order valence-corrected chi connectivity index (χ0v) is 15.3. The van der Waals surface area contributed by atoms with Crippen LogP contribution in [-0.4, -0.2) is 16.6 Å². The predicted molar refractivity (Wildman–Crippen MR) is 108 cm³/mol. The summed E-state index contributed by atoms with van der Waals surface area (Å²) < 4.78 is 0. The summed E-state index contributed by atoms with van der Waals surface area (Å²) in [4.78, 5) is 2.47. The Labute approximate surface area is 156 Å². The van der Waals surface area contributed by atoms with Crippen molar-refractivity contribution in [1.82, 2.24) is 4.90 Å². The third-order valence-electron chi connectivity index (χ3n) is 4.82. The molecule has 3 aromatic carbocycles. The Morgan fingerprint density at radius 2 is 1.12 bits per heavy atom. The lowest BCUT2D eigenvalue weighted by atomic mass is 9.92. The van der Waals surface area contributed by atoms with Crippen LogP contribution < -0.4 is 0 Å². The summed E-state index contributed by atoms with van der Waals surface area (Å²) in [5.74, 6) is 0.143. The average molecular weight is 345 g/mol. The molecule has 0 unspecified atom stereocenters. The molecule has 2 atom stereocenters. The van der Waals surface area contributed by atoms with E-state index < -0.39 is 0 Å². The lowest BCUT2D eigenvalue weighted by Gasteiger charge is -2.36. The maximum Gasteiger partial charge on any atom is 0.0474 e. The minimum atomic E-state index is 0.143. The van der Waals surface area contributed by atoms with E-state index in [0.717, 1.165) is 13.1 Å². The molecule has 0 saturated heterocycles. The van der Waals surface area contributed by atoms with E-state index in [2.05, 4.69) is 96.8 Å². The smallest absolute Gasteiger partial charge is 0.0474 e. The van der Waals surface area contributed by atoms with E-state index in [0.29, 0.717) is 0 Å². The molecule has 0 fully saturated rings. The van der Waals surface area contributed by atoms with Crippen LogP contribution in [0.3, 0.4) is 0 Å². The van der Waals surface area contributed by atoms with E-state index in [1.165, 1.54) is 16.7 Å². The maximum atomic E-state index is 9.92. The van der Waals surface area contributed by atoms with E-state index in [-0.39, 0.29) is 18.6 Å². The van der Waals surface area contributed by atoms with Crippen molar-refractivity contribution in [1.29, 1.82) is 0 Å². The van der Waals surface area contributed by atoms with Crippen molar-refractivity contribution >= 4 is 0 Å². The second-order valence-corrected chi connectivity index (χ2v) is 6.89. The fourth-order valence-corrected chi connectivity index (χ4v) is 3.54. The predicted octanol–water partition coefficient (Wildman–Crippen LogP) is 5.06. The van der Waals surface area contributed by atoms with E-state index >= 15 is 0 Å². The van der Waals surface area contributed by atoms with Crippen LogP contribution in [0.25, 0.3) is 0 Å². The molecule has 0 heterocycles. The highest BCUT2D eigenvalue weighted by atomic mass is 16.3.